The highest BCUT2D eigenvalue weighted by Crippen LogP contribution is 2.21. The van der Waals surface area contributed by atoms with Crippen LogP contribution < -0.4 is 4.74 Å². The Bertz CT molecular complexity index is 630. The van der Waals surface area contributed by atoms with Crippen molar-refractivity contribution in [3.63, 3.8) is 0 Å². The van der Waals surface area contributed by atoms with Crippen LogP contribution in [0.2, 0.25) is 0 Å². The molecule has 0 aliphatic carbocycles. The highest BCUT2D eigenvalue weighted by Gasteiger charge is 2.10. The number of hydrogen-bond donors (Lipinski definition) is 2. The summed E-state index contributed by atoms with van der Waals surface area (Å²) in [7, 11) is 1.60. The number of nitrogens with one attached hydrogen (secondary N) is 1. The lowest BCUT2D eigenvalue weighted by molar-refractivity contribution is -0.137. The fourth-order valence-electron chi connectivity index (χ4n) is 1.69. The van der Waals surface area contributed by atoms with Crippen LogP contribution in [0.5, 0.6) is 5.75 Å². The molecule has 0 fully saturated rings. The van der Waals surface area contributed by atoms with Crippen LogP contribution >= 0.6 is 12.2 Å². The van der Waals surface area contributed by atoms with Gasteiger partial charge in [-0.25, -0.2) is 0 Å². The average Bonchev–Trinajstić information content (AvgIpc) is 2.78. The molecule has 7 heteroatoms. The fourth-order valence-corrected chi connectivity index (χ4v) is 1.92. The van der Waals surface area contributed by atoms with E-state index >= 15 is 0 Å². The summed E-state index contributed by atoms with van der Waals surface area (Å²) in [6, 6.07) is 7.32. The Hall–Kier alpha value is -2.15. The van der Waals surface area contributed by atoms with Gasteiger partial charge in [-0.1, -0.05) is 0 Å². The predicted molar refractivity (Wildman–Crippen MR) is 71.7 cm³/mol. The van der Waals surface area contributed by atoms with Gasteiger partial charge < -0.3 is 9.84 Å². The molecule has 0 unspecified atom stereocenters. The number of aromatic nitrogens is 3. The molecule has 1 aromatic heterocycles. The van der Waals surface area contributed by atoms with Crippen molar-refractivity contribution in [2.45, 2.75) is 13.0 Å². The number of aromatic amines is 1. The zero-order chi connectivity index (χ0) is 13.8. The van der Waals surface area contributed by atoms with Crippen molar-refractivity contribution < 1.29 is 14.6 Å². The number of carboxylic acid groups (broad SMARTS) is 1. The van der Waals surface area contributed by atoms with Crippen LogP contribution in [0.15, 0.2) is 24.3 Å². The molecule has 6 nitrogen and oxygen atoms in total. The van der Waals surface area contributed by atoms with E-state index in [1.54, 1.807) is 11.7 Å². The van der Waals surface area contributed by atoms with Gasteiger partial charge in [0.2, 0.25) is 0 Å². The number of ether oxygens (including phenoxy) is 1. The number of H-pyrrole nitrogens is 1. The highest BCUT2D eigenvalue weighted by atomic mass is 32.1. The van der Waals surface area contributed by atoms with E-state index in [2.05, 4.69) is 10.2 Å². The van der Waals surface area contributed by atoms with Gasteiger partial charge in [-0.15, -0.1) is 0 Å². The maximum atomic E-state index is 10.6. The molecule has 0 bridgehead atoms. The maximum Gasteiger partial charge on any atom is 0.305 e. The normalized spacial score (nSPS) is 10.4. The first kappa shape index (κ1) is 13.3. The number of nitrogens with zero attached hydrogens (tertiary/aromatic N) is 2. The molecule has 1 heterocycles. The van der Waals surface area contributed by atoms with Crippen LogP contribution in [-0.2, 0) is 11.3 Å². The van der Waals surface area contributed by atoms with Crippen molar-refractivity contribution in [3.8, 4) is 17.1 Å². The summed E-state index contributed by atoms with van der Waals surface area (Å²) in [5, 5.41) is 15.5. The summed E-state index contributed by atoms with van der Waals surface area (Å²) in [5.41, 5.74) is 0.846. The van der Waals surface area contributed by atoms with Crippen molar-refractivity contribution >= 4 is 18.2 Å². The quantitative estimate of drug-likeness (QED) is 0.819. The number of benzene rings is 1. The largest absolute Gasteiger partial charge is 0.497 e. The molecule has 1 aromatic carbocycles. The van der Waals surface area contributed by atoms with Gasteiger partial charge in [0.15, 0.2) is 10.6 Å². The van der Waals surface area contributed by atoms with Crippen LogP contribution in [0.3, 0.4) is 0 Å². The predicted octanol–water partition coefficient (Wildman–Crippen LogP) is 2.09. The molecule has 0 atom stereocenters. The van der Waals surface area contributed by atoms with E-state index in [0.717, 1.165) is 11.3 Å². The van der Waals surface area contributed by atoms with Gasteiger partial charge in [0.05, 0.1) is 13.5 Å². The monoisotopic (exact) mass is 279 g/mol. The van der Waals surface area contributed by atoms with Crippen molar-refractivity contribution in [1.82, 2.24) is 14.8 Å². The van der Waals surface area contributed by atoms with Gasteiger partial charge in [-0.3, -0.25) is 14.5 Å². The third-order valence-electron chi connectivity index (χ3n) is 2.66. The van der Waals surface area contributed by atoms with Crippen molar-refractivity contribution in [2.75, 3.05) is 7.11 Å². The van der Waals surface area contributed by atoms with Crippen molar-refractivity contribution in [2.24, 2.45) is 0 Å². The van der Waals surface area contributed by atoms with Crippen LogP contribution in [-0.4, -0.2) is 33.0 Å². The Morgan fingerprint density at radius 2 is 2.16 bits per heavy atom. The molecule has 0 saturated carbocycles. The summed E-state index contributed by atoms with van der Waals surface area (Å²) in [6.45, 7) is 0.284. The van der Waals surface area contributed by atoms with Crippen molar-refractivity contribution in [3.05, 3.63) is 29.0 Å². The molecule has 0 radical (unpaired) electrons. The van der Waals surface area contributed by atoms with E-state index in [1.165, 1.54) is 0 Å². The number of aliphatic carboxylic acids is 1. The minimum atomic E-state index is -0.871. The Balaban J connectivity index is 2.33. The van der Waals surface area contributed by atoms with E-state index in [4.69, 9.17) is 22.1 Å². The van der Waals surface area contributed by atoms with Crippen LogP contribution in [0.1, 0.15) is 6.42 Å². The molecule has 2 aromatic rings. The average molecular weight is 279 g/mol. The number of hydrogen-bond acceptors (Lipinski definition) is 4. The summed E-state index contributed by atoms with van der Waals surface area (Å²) < 4.78 is 7.17. The van der Waals surface area contributed by atoms with Gasteiger partial charge in [-0.05, 0) is 36.5 Å². The van der Waals surface area contributed by atoms with Crippen LogP contribution in [0.25, 0.3) is 11.4 Å². The van der Waals surface area contributed by atoms with Gasteiger partial charge in [-0.2, -0.15) is 5.10 Å². The molecule has 0 aliphatic rings. The summed E-state index contributed by atoms with van der Waals surface area (Å²) in [6.07, 6.45) is -0.00298. The van der Waals surface area contributed by atoms with Gasteiger partial charge in [0, 0.05) is 12.1 Å². The molecular formula is C12H13N3O3S. The van der Waals surface area contributed by atoms with Crippen molar-refractivity contribution in [1.29, 1.82) is 0 Å². The molecule has 2 N–H and O–H groups in total. The Labute approximate surface area is 114 Å². The lowest BCUT2D eigenvalue weighted by atomic mass is 10.2. The zero-order valence-electron chi connectivity index (χ0n) is 10.3. The van der Waals surface area contributed by atoms with E-state index in [0.29, 0.717) is 10.6 Å². The molecule has 0 saturated heterocycles. The van der Waals surface area contributed by atoms with Gasteiger partial charge in [0.25, 0.3) is 0 Å². The number of carbonyl (C=O) groups is 1. The summed E-state index contributed by atoms with van der Waals surface area (Å²) in [4.78, 5) is 10.6. The fraction of sp³-hybridized carbons (Fsp3) is 0.250. The Morgan fingerprint density at radius 3 is 2.74 bits per heavy atom. The molecule has 19 heavy (non-hydrogen) atoms. The molecular weight excluding hydrogens is 266 g/mol. The second-order valence-corrected chi connectivity index (χ2v) is 4.26. The smallest absolute Gasteiger partial charge is 0.305 e. The lowest BCUT2D eigenvalue weighted by Gasteiger charge is -2.06. The van der Waals surface area contributed by atoms with E-state index in [-0.39, 0.29) is 13.0 Å². The number of methoxy groups -OCH3 is 1. The zero-order valence-corrected chi connectivity index (χ0v) is 11.1. The SMILES string of the molecule is COc1ccc(-c2n[nH]c(=S)n2CCC(=O)O)cc1. The minimum Gasteiger partial charge on any atom is -0.497 e. The highest BCUT2D eigenvalue weighted by molar-refractivity contribution is 7.71. The number of rotatable bonds is 5. The first-order valence-electron chi connectivity index (χ1n) is 5.63. The van der Waals surface area contributed by atoms with E-state index in [1.807, 2.05) is 24.3 Å². The molecule has 2 rings (SSSR count). The first-order chi connectivity index (χ1) is 9.11. The molecule has 0 amide bonds. The minimum absolute atomic E-state index is 0.00298. The van der Waals surface area contributed by atoms with E-state index < -0.39 is 5.97 Å². The van der Waals surface area contributed by atoms with Gasteiger partial charge >= 0.3 is 5.97 Å². The third kappa shape index (κ3) is 3.00. The van der Waals surface area contributed by atoms with E-state index in [9.17, 15) is 4.79 Å². The number of carboxylic acids is 1. The second kappa shape index (κ2) is 5.66. The summed E-state index contributed by atoms with van der Waals surface area (Å²) in [5.74, 6) is 0.493. The van der Waals surface area contributed by atoms with Crippen LogP contribution in [0, 0.1) is 4.77 Å². The Kier molecular flexibility index (Phi) is 3.96. The van der Waals surface area contributed by atoms with Gasteiger partial charge in [0.1, 0.15) is 5.75 Å². The lowest BCUT2D eigenvalue weighted by Crippen LogP contribution is -2.06. The second-order valence-electron chi connectivity index (χ2n) is 3.88. The molecule has 0 spiro atoms. The molecule has 100 valence electrons. The van der Waals surface area contributed by atoms with Crippen LogP contribution in [0.4, 0.5) is 0 Å². The Morgan fingerprint density at radius 1 is 1.47 bits per heavy atom. The molecule has 0 aliphatic heterocycles. The summed E-state index contributed by atoms with van der Waals surface area (Å²) >= 11 is 5.10. The topological polar surface area (TPSA) is 80.1 Å². The maximum absolute atomic E-state index is 10.6. The third-order valence-corrected chi connectivity index (χ3v) is 2.97. The first-order valence-corrected chi connectivity index (χ1v) is 6.04. The standard InChI is InChI=1S/C12H13N3O3S/c1-18-9-4-2-8(3-5-9)11-13-14-12(19)15(11)7-6-10(16)17/h2-5H,6-7H2,1H3,(H,14,19)(H,16,17).